The maximum Gasteiger partial charge on any atom is 0.250 e. The number of aromatic nitrogens is 5. The van der Waals surface area contributed by atoms with Crippen LogP contribution in [0.2, 0.25) is 0 Å². The lowest BCUT2D eigenvalue weighted by atomic mass is 10.3. The number of rotatable bonds is 5. The van der Waals surface area contributed by atoms with Crippen LogP contribution in [0.5, 0.6) is 11.6 Å². The summed E-state index contributed by atoms with van der Waals surface area (Å²) >= 11 is 0. The molecule has 0 saturated carbocycles. The van der Waals surface area contributed by atoms with E-state index < -0.39 is 0 Å². The number of hydrogen-bond acceptors (Lipinski definition) is 6. The fraction of sp³-hybridized carbons (Fsp3) is 0.286. The van der Waals surface area contributed by atoms with Gasteiger partial charge in [0.2, 0.25) is 5.95 Å². The van der Waals surface area contributed by atoms with Crippen molar-refractivity contribution in [2.75, 3.05) is 11.9 Å². The van der Waals surface area contributed by atoms with E-state index in [1.165, 1.54) is 0 Å². The van der Waals surface area contributed by atoms with Crippen LogP contribution < -0.4 is 10.1 Å². The third kappa shape index (κ3) is 2.76. The number of imidazole rings is 1. The van der Waals surface area contributed by atoms with Gasteiger partial charge in [-0.2, -0.15) is 9.97 Å². The van der Waals surface area contributed by atoms with Gasteiger partial charge in [0.15, 0.2) is 11.4 Å². The molecular formula is C14H16N6O. The predicted octanol–water partition coefficient (Wildman–Crippen LogP) is 2.67. The number of ether oxygens (including phenoxy) is 1. The Bertz CT molecular complexity index is 754. The molecule has 0 radical (unpaired) electrons. The Labute approximate surface area is 121 Å². The lowest BCUT2D eigenvalue weighted by molar-refractivity contribution is 0.461. The number of fused-ring (bicyclic) bond motifs is 1. The first-order valence-electron chi connectivity index (χ1n) is 6.82. The average Bonchev–Trinajstić information content (AvgIpc) is 2.96. The Morgan fingerprint density at radius 3 is 3.00 bits per heavy atom. The van der Waals surface area contributed by atoms with Crippen molar-refractivity contribution in [1.29, 1.82) is 0 Å². The van der Waals surface area contributed by atoms with Crippen LogP contribution in [0.1, 0.15) is 19.0 Å². The van der Waals surface area contributed by atoms with Crippen molar-refractivity contribution in [3.63, 3.8) is 0 Å². The highest BCUT2D eigenvalue weighted by atomic mass is 16.5. The minimum atomic E-state index is 0.437. The number of nitrogens with zero attached hydrogens (tertiary/aromatic N) is 4. The van der Waals surface area contributed by atoms with Gasteiger partial charge in [-0.15, -0.1) is 0 Å². The van der Waals surface area contributed by atoms with Gasteiger partial charge >= 0.3 is 0 Å². The number of H-pyrrole nitrogens is 1. The molecule has 0 aliphatic carbocycles. The van der Waals surface area contributed by atoms with E-state index in [-0.39, 0.29) is 0 Å². The van der Waals surface area contributed by atoms with Crippen LogP contribution in [-0.2, 0) is 0 Å². The molecule has 0 bridgehead atoms. The van der Waals surface area contributed by atoms with Gasteiger partial charge < -0.3 is 15.0 Å². The zero-order valence-electron chi connectivity index (χ0n) is 11.9. The van der Waals surface area contributed by atoms with Crippen LogP contribution in [0.25, 0.3) is 11.2 Å². The van der Waals surface area contributed by atoms with Crippen molar-refractivity contribution >= 4 is 17.1 Å². The second-order valence-corrected chi connectivity index (χ2v) is 4.57. The van der Waals surface area contributed by atoms with E-state index in [9.17, 15) is 0 Å². The van der Waals surface area contributed by atoms with Crippen molar-refractivity contribution in [3.05, 3.63) is 30.4 Å². The van der Waals surface area contributed by atoms with E-state index in [2.05, 4.69) is 37.2 Å². The van der Waals surface area contributed by atoms with Crippen molar-refractivity contribution in [3.8, 4) is 11.6 Å². The fourth-order valence-corrected chi connectivity index (χ4v) is 1.88. The minimum Gasteiger partial charge on any atom is -0.435 e. The summed E-state index contributed by atoms with van der Waals surface area (Å²) in [7, 11) is 0. The summed E-state index contributed by atoms with van der Waals surface area (Å²) in [6.07, 6.45) is 4.29. The molecule has 0 fully saturated rings. The predicted molar refractivity (Wildman–Crippen MR) is 79.5 cm³/mol. The molecule has 0 aliphatic rings. The summed E-state index contributed by atoms with van der Waals surface area (Å²) < 4.78 is 5.88. The Kier molecular flexibility index (Phi) is 3.63. The van der Waals surface area contributed by atoms with Gasteiger partial charge in [-0.25, -0.2) is 4.98 Å². The maximum atomic E-state index is 5.88. The van der Waals surface area contributed by atoms with Crippen LogP contribution in [0, 0.1) is 6.92 Å². The van der Waals surface area contributed by atoms with Gasteiger partial charge in [0.1, 0.15) is 5.52 Å². The van der Waals surface area contributed by atoms with E-state index in [1.807, 2.05) is 19.1 Å². The molecule has 2 N–H and O–H groups in total. The molecule has 0 spiro atoms. The van der Waals surface area contributed by atoms with Crippen molar-refractivity contribution in [2.24, 2.45) is 0 Å². The molecule has 108 valence electrons. The molecule has 3 rings (SSSR count). The highest BCUT2D eigenvalue weighted by Gasteiger charge is 2.13. The molecule has 0 amide bonds. The van der Waals surface area contributed by atoms with Crippen LogP contribution in [0.15, 0.2) is 24.7 Å². The summed E-state index contributed by atoms with van der Waals surface area (Å²) in [4.78, 5) is 20.1. The zero-order chi connectivity index (χ0) is 14.7. The molecule has 0 atom stereocenters. The first-order chi connectivity index (χ1) is 10.3. The van der Waals surface area contributed by atoms with E-state index in [0.29, 0.717) is 28.7 Å². The van der Waals surface area contributed by atoms with Crippen molar-refractivity contribution in [2.45, 2.75) is 20.3 Å². The normalized spacial score (nSPS) is 10.8. The van der Waals surface area contributed by atoms with Crippen molar-refractivity contribution in [1.82, 2.24) is 24.9 Å². The second kappa shape index (κ2) is 5.74. The fourth-order valence-electron chi connectivity index (χ4n) is 1.88. The standard InChI is InChI=1S/C14H16N6O/c1-3-6-16-14-19-12-11(17-8-18-12)13(20-14)21-10-5-4-7-15-9(10)2/h4-5,7-8H,3,6H2,1-2H3,(H2,16,17,18,19,20). The van der Waals surface area contributed by atoms with Gasteiger partial charge in [-0.05, 0) is 25.5 Å². The van der Waals surface area contributed by atoms with Crippen LogP contribution in [-0.4, -0.2) is 31.5 Å². The third-order valence-corrected chi connectivity index (χ3v) is 2.95. The van der Waals surface area contributed by atoms with E-state index in [4.69, 9.17) is 4.74 Å². The molecule has 3 heterocycles. The molecule has 0 saturated heterocycles. The topological polar surface area (TPSA) is 88.6 Å². The molecule has 7 heteroatoms. The Morgan fingerprint density at radius 2 is 2.19 bits per heavy atom. The first kappa shape index (κ1) is 13.3. The molecular weight excluding hydrogens is 268 g/mol. The van der Waals surface area contributed by atoms with Crippen LogP contribution in [0.4, 0.5) is 5.95 Å². The number of aromatic amines is 1. The molecule has 7 nitrogen and oxygen atoms in total. The molecule has 21 heavy (non-hydrogen) atoms. The molecule has 3 aromatic rings. The smallest absolute Gasteiger partial charge is 0.250 e. The monoisotopic (exact) mass is 284 g/mol. The highest BCUT2D eigenvalue weighted by molar-refractivity contribution is 5.77. The number of hydrogen-bond donors (Lipinski definition) is 2. The summed E-state index contributed by atoms with van der Waals surface area (Å²) in [5, 5.41) is 3.15. The van der Waals surface area contributed by atoms with Crippen molar-refractivity contribution < 1.29 is 4.74 Å². The number of aryl methyl sites for hydroxylation is 1. The minimum absolute atomic E-state index is 0.437. The van der Waals surface area contributed by atoms with Gasteiger partial charge in [-0.1, -0.05) is 6.92 Å². The SMILES string of the molecule is CCCNc1nc(Oc2cccnc2C)c2[nH]cnc2n1. The largest absolute Gasteiger partial charge is 0.435 e. The Hall–Kier alpha value is -2.70. The van der Waals surface area contributed by atoms with Crippen LogP contribution >= 0.6 is 0 Å². The highest BCUT2D eigenvalue weighted by Crippen LogP contribution is 2.27. The summed E-state index contributed by atoms with van der Waals surface area (Å²) in [5.74, 6) is 1.61. The quantitative estimate of drug-likeness (QED) is 0.748. The second-order valence-electron chi connectivity index (χ2n) is 4.57. The van der Waals surface area contributed by atoms with E-state index in [0.717, 1.165) is 18.7 Å². The lowest BCUT2D eigenvalue weighted by Gasteiger charge is -2.09. The number of nitrogens with one attached hydrogen (secondary N) is 2. The zero-order valence-corrected chi connectivity index (χ0v) is 11.9. The Balaban J connectivity index is 2.00. The summed E-state index contributed by atoms with van der Waals surface area (Å²) in [6.45, 7) is 4.76. The Morgan fingerprint density at radius 1 is 1.29 bits per heavy atom. The average molecular weight is 284 g/mol. The molecule has 0 unspecified atom stereocenters. The van der Waals surface area contributed by atoms with Gasteiger partial charge in [0.05, 0.1) is 12.0 Å². The maximum absolute atomic E-state index is 5.88. The number of pyridine rings is 1. The van der Waals surface area contributed by atoms with Gasteiger partial charge in [0, 0.05) is 12.7 Å². The molecule has 3 aromatic heterocycles. The van der Waals surface area contributed by atoms with Gasteiger partial charge in [0.25, 0.3) is 5.88 Å². The van der Waals surface area contributed by atoms with E-state index >= 15 is 0 Å². The van der Waals surface area contributed by atoms with Crippen LogP contribution in [0.3, 0.4) is 0 Å². The summed E-state index contributed by atoms with van der Waals surface area (Å²) in [6, 6.07) is 3.68. The number of anilines is 1. The summed E-state index contributed by atoms with van der Waals surface area (Å²) in [5.41, 5.74) is 2.03. The van der Waals surface area contributed by atoms with Gasteiger partial charge in [-0.3, -0.25) is 4.98 Å². The third-order valence-electron chi connectivity index (χ3n) is 2.95. The first-order valence-corrected chi connectivity index (χ1v) is 6.82. The lowest BCUT2D eigenvalue weighted by Crippen LogP contribution is -2.05. The van der Waals surface area contributed by atoms with E-state index in [1.54, 1.807) is 12.5 Å². The molecule has 0 aromatic carbocycles. The molecule has 0 aliphatic heterocycles.